The van der Waals surface area contributed by atoms with Crippen LogP contribution < -0.4 is 5.73 Å². The highest BCUT2D eigenvalue weighted by molar-refractivity contribution is 6.32. The Hall–Kier alpha value is -1.94. The Balaban J connectivity index is 2.48. The van der Waals surface area contributed by atoms with Crippen LogP contribution in [0.4, 0.5) is 5.95 Å². The highest BCUT2D eigenvalue weighted by Gasteiger charge is 2.06. The Bertz CT molecular complexity index is 739. The monoisotopic (exact) mass is 244 g/mol. The van der Waals surface area contributed by atoms with Gasteiger partial charge in [-0.15, -0.1) is 0 Å². The van der Waals surface area contributed by atoms with E-state index in [2.05, 4.69) is 15.0 Å². The van der Waals surface area contributed by atoms with Crippen molar-refractivity contribution in [3.05, 3.63) is 35.0 Å². The number of fused-ring (bicyclic) bond motifs is 2. The summed E-state index contributed by atoms with van der Waals surface area (Å²) >= 11 is 6.07. The molecule has 3 aromatic rings. The van der Waals surface area contributed by atoms with Crippen molar-refractivity contribution in [3.63, 3.8) is 0 Å². The van der Waals surface area contributed by atoms with Gasteiger partial charge in [0.15, 0.2) is 5.65 Å². The molecule has 0 unspecified atom stereocenters. The summed E-state index contributed by atoms with van der Waals surface area (Å²) in [4.78, 5) is 12.5. The molecule has 84 valence electrons. The third-order valence-corrected chi connectivity index (χ3v) is 3.15. The topological polar surface area (TPSA) is 64.7 Å². The summed E-state index contributed by atoms with van der Waals surface area (Å²) in [6.45, 7) is 1.94. The first-order valence-corrected chi connectivity index (χ1v) is 5.51. The van der Waals surface area contributed by atoms with E-state index in [0.29, 0.717) is 10.7 Å². The molecule has 0 saturated heterocycles. The number of benzene rings is 1. The lowest BCUT2D eigenvalue weighted by atomic mass is 10.1. The van der Waals surface area contributed by atoms with Crippen LogP contribution in [0.5, 0.6) is 0 Å². The number of nitrogens with zero attached hydrogens (tertiary/aromatic N) is 3. The van der Waals surface area contributed by atoms with Gasteiger partial charge in [0, 0.05) is 22.0 Å². The molecule has 0 saturated carbocycles. The first kappa shape index (κ1) is 10.2. The van der Waals surface area contributed by atoms with Crippen LogP contribution in [0.1, 0.15) is 5.56 Å². The number of rotatable bonds is 0. The standard InChI is InChI=1S/C12H9ClN4/c1-6-9(13)3-2-7-4-8-5-15-12(14)17-11(8)16-10(6)7/h2-5H,1H3,(H2,14,15,16,17). The normalized spacial score (nSPS) is 11.2. The fraction of sp³-hybridized carbons (Fsp3) is 0.0833. The molecule has 0 aliphatic carbocycles. The second-order valence-electron chi connectivity index (χ2n) is 3.87. The van der Waals surface area contributed by atoms with E-state index in [4.69, 9.17) is 17.3 Å². The zero-order chi connectivity index (χ0) is 12.0. The number of aromatic nitrogens is 3. The minimum Gasteiger partial charge on any atom is -0.368 e. The van der Waals surface area contributed by atoms with Crippen molar-refractivity contribution in [1.82, 2.24) is 15.0 Å². The average molecular weight is 245 g/mol. The summed E-state index contributed by atoms with van der Waals surface area (Å²) in [6, 6.07) is 5.79. The molecule has 0 radical (unpaired) electrons. The number of pyridine rings is 1. The van der Waals surface area contributed by atoms with Gasteiger partial charge in [0.1, 0.15) is 0 Å². The van der Waals surface area contributed by atoms with Gasteiger partial charge in [-0.05, 0) is 24.6 Å². The molecule has 2 N–H and O–H groups in total. The van der Waals surface area contributed by atoms with Crippen LogP contribution in [0.2, 0.25) is 5.02 Å². The molecular formula is C12H9ClN4. The maximum Gasteiger partial charge on any atom is 0.222 e. The second kappa shape index (κ2) is 3.53. The Kier molecular flexibility index (Phi) is 2.12. The van der Waals surface area contributed by atoms with Gasteiger partial charge in [-0.25, -0.2) is 9.97 Å². The molecule has 4 nitrogen and oxygen atoms in total. The first-order chi connectivity index (χ1) is 8.15. The number of halogens is 1. The zero-order valence-electron chi connectivity index (χ0n) is 9.11. The smallest absolute Gasteiger partial charge is 0.222 e. The number of nitrogen functional groups attached to an aromatic ring is 1. The van der Waals surface area contributed by atoms with Crippen LogP contribution in [-0.4, -0.2) is 15.0 Å². The van der Waals surface area contributed by atoms with Crippen molar-refractivity contribution in [3.8, 4) is 0 Å². The van der Waals surface area contributed by atoms with E-state index >= 15 is 0 Å². The summed E-state index contributed by atoms with van der Waals surface area (Å²) < 4.78 is 0. The average Bonchev–Trinajstić information content (AvgIpc) is 2.32. The Morgan fingerprint density at radius 3 is 2.82 bits per heavy atom. The molecule has 0 spiro atoms. The fourth-order valence-corrected chi connectivity index (χ4v) is 1.97. The minimum atomic E-state index is 0.226. The van der Waals surface area contributed by atoms with Crippen molar-refractivity contribution in [2.75, 3.05) is 5.73 Å². The third kappa shape index (κ3) is 1.57. The predicted octanol–water partition coefficient (Wildman–Crippen LogP) is 2.72. The molecule has 0 amide bonds. The van der Waals surface area contributed by atoms with Gasteiger partial charge in [-0.1, -0.05) is 17.7 Å². The highest BCUT2D eigenvalue weighted by atomic mass is 35.5. The van der Waals surface area contributed by atoms with Crippen molar-refractivity contribution in [2.24, 2.45) is 0 Å². The zero-order valence-corrected chi connectivity index (χ0v) is 9.86. The highest BCUT2D eigenvalue weighted by Crippen LogP contribution is 2.26. The van der Waals surface area contributed by atoms with Crippen molar-refractivity contribution >= 4 is 39.5 Å². The summed E-state index contributed by atoms with van der Waals surface area (Å²) in [6.07, 6.45) is 1.67. The van der Waals surface area contributed by atoms with E-state index in [-0.39, 0.29) is 5.95 Å². The number of nitrogens with two attached hydrogens (primary N) is 1. The Morgan fingerprint density at radius 2 is 2.00 bits per heavy atom. The molecule has 1 aromatic carbocycles. The van der Waals surface area contributed by atoms with E-state index in [1.807, 2.05) is 25.1 Å². The van der Waals surface area contributed by atoms with E-state index in [9.17, 15) is 0 Å². The molecule has 0 aliphatic rings. The molecule has 0 atom stereocenters. The lowest BCUT2D eigenvalue weighted by Crippen LogP contribution is -1.96. The van der Waals surface area contributed by atoms with E-state index in [1.165, 1.54) is 0 Å². The molecule has 2 aromatic heterocycles. The molecule has 0 bridgehead atoms. The molecule has 0 aliphatic heterocycles. The lowest BCUT2D eigenvalue weighted by molar-refractivity contribution is 1.21. The molecular weight excluding hydrogens is 236 g/mol. The van der Waals surface area contributed by atoms with Gasteiger partial charge < -0.3 is 5.73 Å². The first-order valence-electron chi connectivity index (χ1n) is 5.13. The van der Waals surface area contributed by atoms with Gasteiger partial charge in [0.25, 0.3) is 0 Å². The maximum absolute atomic E-state index is 6.07. The molecule has 17 heavy (non-hydrogen) atoms. The molecule has 0 fully saturated rings. The van der Waals surface area contributed by atoms with Crippen LogP contribution in [0.25, 0.3) is 21.9 Å². The second-order valence-corrected chi connectivity index (χ2v) is 4.28. The van der Waals surface area contributed by atoms with Gasteiger partial charge in [0.05, 0.1) is 5.52 Å². The summed E-state index contributed by atoms with van der Waals surface area (Å²) in [5.41, 5.74) is 7.94. The van der Waals surface area contributed by atoms with Gasteiger partial charge in [0.2, 0.25) is 5.95 Å². The summed E-state index contributed by atoms with van der Waals surface area (Å²) in [5, 5.41) is 2.59. The van der Waals surface area contributed by atoms with Crippen molar-refractivity contribution in [1.29, 1.82) is 0 Å². The SMILES string of the molecule is Cc1c(Cl)ccc2cc3cnc(N)nc3nc12. The molecule has 2 heterocycles. The maximum atomic E-state index is 6.07. The summed E-state index contributed by atoms with van der Waals surface area (Å²) in [7, 11) is 0. The quantitative estimate of drug-likeness (QED) is 0.618. The van der Waals surface area contributed by atoms with Crippen LogP contribution in [0.15, 0.2) is 24.4 Å². The fourth-order valence-electron chi connectivity index (χ4n) is 1.82. The number of anilines is 1. The number of hydrogen-bond acceptors (Lipinski definition) is 4. The van der Waals surface area contributed by atoms with Crippen LogP contribution in [0, 0.1) is 6.92 Å². The minimum absolute atomic E-state index is 0.226. The van der Waals surface area contributed by atoms with E-state index in [1.54, 1.807) is 6.20 Å². The number of hydrogen-bond donors (Lipinski definition) is 1. The third-order valence-electron chi connectivity index (χ3n) is 2.74. The van der Waals surface area contributed by atoms with Gasteiger partial charge in [-0.3, -0.25) is 0 Å². The summed E-state index contributed by atoms with van der Waals surface area (Å²) in [5.74, 6) is 0.226. The molecule has 3 rings (SSSR count). The lowest BCUT2D eigenvalue weighted by Gasteiger charge is -2.05. The molecule has 5 heteroatoms. The van der Waals surface area contributed by atoms with Crippen LogP contribution in [-0.2, 0) is 0 Å². The Labute approximate surface area is 102 Å². The predicted molar refractivity (Wildman–Crippen MR) is 69.0 cm³/mol. The largest absolute Gasteiger partial charge is 0.368 e. The number of aryl methyl sites for hydroxylation is 1. The van der Waals surface area contributed by atoms with Gasteiger partial charge >= 0.3 is 0 Å². The Morgan fingerprint density at radius 1 is 1.18 bits per heavy atom. The van der Waals surface area contributed by atoms with Gasteiger partial charge in [-0.2, -0.15) is 4.98 Å². The van der Waals surface area contributed by atoms with Crippen LogP contribution in [0.3, 0.4) is 0 Å². The van der Waals surface area contributed by atoms with E-state index < -0.39 is 0 Å². The van der Waals surface area contributed by atoms with Crippen molar-refractivity contribution in [2.45, 2.75) is 6.92 Å². The van der Waals surface area contributed by atoms with E-state index in [0.717, 1.165) is 21.9 Å². The van der Waals surface area contributed by atoms with Crippen LogP contribution >= 0.6 is 11.6 Å². The van der Waals surface area contributed by atoms with Crippen molar-refractivity contribution < 1.29 is 0 Å².